The van der Waals surface area contributed by atoms with Crippen LogP contribution < -0.4 is 0 Å². The maximum absolute atomic E-state index is 10.7. The number of hydrogen-bond acceptors (Lipinski definition) is 2. The summed E-state index contributed by atoms with van der Waals surface area (Å²) >= 11 is 18.1. The summed E-state index contributed by atoms with van der Waals surface area (Å²) in [5, 5.41) is -0.737. The van der Waals surface area contributed by atoms with Crippen LogP contribution in [0.2, 0.25) is 0 Å². The van der Waals surface area contributed by atoms with Crippen LogP contribution in [0.4, 0.5) is 4.79 Å². The lowest BCUT2D eigenvalue weighted by Crippen LogP contribution is -2.06. The summed E-state index contributed by atoms with van der Waals surface area (Å²) < 4.78 is 4.78. The zero-order chi connectivity index (χ0) is 15.0. The summed E-state index contributed by atoms with van der Waals surface area (Å²) in [6, 6.07) is 13.9. The number of halogens is 3. The fraction of sp³-hybridized carbons (Fsp3) is 0.188. The highest BCUT2D eigenvalue weighted by Gasteiger charge is 2.30. The third-order valence-corrected chi connectivity index (χ3v) is 4.52. The van der Waals surface area contributed by atoms with Gasteiger partial charge in [-0.15, -0.1) is 23.2 Å². The summed E-state index contributed by atoms with van der Waals surface area (Å²) in [5.74, 6) is 0. The molecule has 2 aromatic carbocycles. The molecular weight excluding hydrogens is 331 g/mol. The maximum atomic E-state index is 10.7. The van der Waals surface area contributed by atoms with Crippen molar-refractivity contribution >= 4 is 40.2 Å². The van der Waals surface area contributed by atoms with Crippen LogP contribution in [0, 0.1) is 0 Å². The molecule has 2 atom stereocenters. The number of fused-ring (bicyclic) bond motifs is 3. The van der Waals surface area contributed by atoms with Crippen molar-refractivity contribution in [3.8, 4) is 11.1 Å². The van der Waals surface area contributed by atoms with Crippen molar-refractivity contribution in [1.29, 1.82) is 0 Å². The largest absolute Gasteiger partial charge is 0.452 e. The van der Waals surface area contributed by atoms with Crippen molar-refractivity contribution in [2.24, 2.45) is 0 Å². The molecule has 0 N–H and O–H groups in total. The Hall–Kier alpha value is -1.22. The fourth-order valence-corrected chi connectivity index (χ4v) is 3.47. The Balaban J connectivity index is 2.02. The van der Waals surface area contributed by atoms with Gasteiger partial charge in [0, 0.05) is 11.6 Å². The molecule has 0 saturated heterocycles. The van der Waals surface area contributed by atoms with Gasteiger partial charge in [-0.25, -0.2) is 4.79 Å². The van der Waals surface area contributed by atoms with Crippen molar-refractivity contribution in [3.63, 3.8) is 0 Å². The van der Waals surface area contributed by atoms with Crippen LogP contribution in [0.3, 0.4) is 0 Å². The third kappa shape index (κ3) is 2.64. The van der Waals surface area contributed by atoms with Crippen LogP contribution >= 0.6 is 34.8 Å². The van der Waals surface area contributed by atoms with Gasteiger partial charge in [0.2, 0.25) is 0 Å². The van der Waals surface area contributed by atoms with Crippen LogP contribution in [0.1, 0.15) is 27.4 Å². The smallest absolute Gasteiger partial charge is 0.403 e. The Bertz CT molecular complexity index is 700. The topological polar surface area (TPSA) is 26.3 Å². The van der Waals surface area contributed by atoms with Crippen molar-refractivity contribution in [2.45, 2.75) is 10.8 Å². The molecule has 0 aromatic heterocycles. The minimum atomic E-state index is -0.862. The third-order valence-electron chi connectivity index (χ3n) is 3.60. The fourth-order valence-electron chi connectivity index (χ4n) is 2.72. The first-order chi connectivity index (χ1) is 10.1. The van der Waals surface area contributed by atoms with Crippen LogP contribution in [0.25, 0.3) is 11.1 Å². The van der Waals surface area contributed by atoms with Gasteiger partial charge in [0.15, 0.2) is 0 Å². The summed E-state index contributed by atoms with van der Waals surface area (Å²) in [7, 11) is 0. The lowest BCUT2D eigenvalue weighted by Gasteiger charge is -2.16. The second-order valence-electron chi connectivity index (χ2n) is 4.77. The average Bonchev–Trinajstić information content (AvgIpc) is 2.79. The number of benzene rings is 2. The predicted molar refractivity (Wildman–Crippen MR) is 85.4 cm³/mol. The molecule has 0 amide bonds. The van der Waals surface area contributed by atoms with Gasteiger partial charge in [0.25, 0.3) is 0 Å². The summed E-state index contributed by atoms with van der Waals surface area (Å²) in [5.41, 5.74) is 4.24. The molecule has 5 heteroatoms. The average molecular weight is 342 g/mol. The molecule has 108 valence electrons. The summed E-state index contributed by atoms with van der Waals surface area (Å²) in [4.78, 5) is 10.7. The van der Waals surface area contributed by atoms with E-state index in [9.17, 15) is 4.79 Å². The highest BCUT2D eigenvalue weighted by molar-refractivity contribution is 6.61. The molecule has 0 bridgehead atoms. The molecule has 0 radical (unpaired) electrons. The van der Waals surface area contributed by atoms with E-state index in [2.05, 4.69) is 0 Å². The van der Waals surface area contributed by atoms with Crippen molar-refractivity contribution in [2.75, 3.05) is 6.61 Å². The van der Waals surface area contributed by atoms with E-state index in [0.717, 1.165) is 27.8 Å². The quantitative estimate of drug-likeness (QED) is 0.532. The molecule has 1 aliphatic carbocycles. The van der Waals surface area contributed by atoms with Crippen LogP contribution in [0.15, 0.2) is 42.5 Å². The molecule has 0 heterocycles. The first-order valence-electron chi connectivity index (χ1n) is 6.42. The zero-order valence-electron chi connectivity index (χ0n) is 10.9. The number of ether oxygens (including phenoxy) is 1. The van der Waals surface area contributed by atoms with E-state index >= 15 is 0 Å². The SMILES string of the molecule is O=C(Cl)OCC(Cl)c1cccc2c1C(Cl)c1ccccc1-2. The molecule has 0 spiro atoms. The van der Waals surface area contributed by atoms with Crippen LogP contribution in [-0.4, -0.2) is 12.0 Å². The maximum Gasteiger partial charge on any atom is 0.403 e. The van der Waals surface area contributed by atoms with E-state index in [1.165, 1.54) is 0 Å². The zero-order valence-corrected chi connectivity index (χ0v) is 13.1. The first kappa shape index (κ1) is 14.7. The van der Waals surface area contributed by atoms with E-state index in [1.807, 2.05) is 42.5 Å². The number of hydrogen-bond donors (Lipinski definition) is 0. The summed E-state index contributed by atoms with van der Waals surface area (Å²) in [6.45, 7) is 0.0142. The van der Waals surface area contributed by atoms with Gasteiger partial charge in [0.05, 0.1) is 10.8 Å². The lowest BCUT2D eigenvalue weighted by atomic mass is 9.99. The lowest BCUT2D eigenvalue weighted by molar-refractivity contribution is 0.173. The van der Waals surface area contributed by atoms with E-state index in [-0.39, 0.29) is 12.0 Å². The van der Waals surface area contributed by atoms with Gasteiger partial charge in [-0.2, -0.15) is 0 Å². The molecule has 3 rings (SSSR count). The van der Waals surface area contributed by atoms with Crippen molar-refractivity contribution in [3.05, 3.63) is 59.2 Å². The van der Waals surface area contributed by atoms with Gasteiger partial charge in [0.1, 0.15) is 6.61 Å². The summed E-state index contributed by atoms with van der Waals surface area (Å²) in [6.07, 6.45) is 0. The number of rotatable bonds is 3. The van der Waals surface area contributed by atoms with E-state index < -0.39 is 10.8 Å². The monoisotopic (exact) mass is 340 g/mol. The number of carbonyl (C=O) groups excluding carboxylic acids is 1. The Kier molecular flexibility index (Phi) is 4.12. The first-order valence-corrected chi connectivity index (χ1v) is 7.67. The van der Waals surface area contributed by atoms with Gasteiger partial charge in [-0.3, -0.25) is 0 Å². The Morgan fingerprint density at radius 2 is 1.86 bits per heavy atom. The number of carbonyl (C=O) groups is 1. The van der Waals surface area contributed by atoms with Crippen LogP contribution in [-0.2, 0) is 4.74 Å². The second kappa shape index (κ2) is 5.88. The minimum absolute atomic E-state index is 0.0142. The normalized spacial score (nSPS) is 17.0. The van der Waals surface area contributed by atoms with Gasteiger partial charge < -0.3 is 4.74 Å². The molecular formula is C16H11Cl3O2. The Labute approximate surface area is 137 Å². The molecule has 2 aromatic rings. The Morgan fingerprint density at radius 3 is 2.62 bits per heavy atom. The minimum Gasteiger partial charge on any atom is -0.452 e. The van der Waals surface area contributed by atoms with Crippen molar-refractivity contribution < 1.29 is 9.53 Å². The van der Waals surface area contributed by atoms with Gasteiger partial charge in [-0.05, 0) is 27.8 Å². The van der Waals surface area contributed by atoms with E-state index in [4.69, 9.17) is 39.5 Å². The van der Waals surface area contributed by atoms with Crippen LogP contribution in [0.5, 0.6) is 0 Å². The molecule has 2 nitrogen and oxygen atoms in total. The molecule has 0 aliphatic heterocycles. The van der Waals surface area contributed by atoms with Gasteiger partial charge >= 0.3 is 5.43 Å². The molecule has 2 unspecified atom stereocenters. The van der Waals surface area contributed by atoms with Gasteiger partial charge in [-0.1, -0.05) is 42.5 Å². The standard InChI is InChI=1S/C16H11Cl3O2/c17-13(8-21-16(19)20)12-7-3-6-10-9-4-1-2-5-11(9)15(18)14(10)12/h1-7,13,15H,8H2. The highest BCUT2D eigenvalue weighted by atomic mass is 35.5. The molecule has 0 fully saturated rings. The van der Waals surface area contributed by atoms with E-state index in [1.54, 1.807) is 0 Å². The molecule has 0 saturated carbocycles. The highest BCUT2D eigenvalue weighted by Crippen LogP contribution is 2.49. The molecule has 21 heavy (non-hydrogen) atoms. The number of alkyl halides is 2. The van der Waals surface area contributed by atoms with E-state index in [0.29, 0.717) is 0 Å². The molecule has 1 aliphatic rings. The Morgan fingerprint density at radius 1 is 1.14 bits per heavy atom. The second-order valence-corrected chi connectivity index (χ2v) is 6.05. The predicted octanol–water partition coefficient (Wildman–Crippen LogP) is 5.65. The van der Waals surface area contributed by atoms with Crippen molar-refractivity contribution in [1.82, 2.24) is 0 Å².